The lowest BCUT2D eigenvalue weighted by atomic mass is 10.1. The predicted octanol–water partition coefficient (Wildman–Crippen LogP) is 1.58. The van der Waals surface area contributed by atoms with Gasteiger partial charge in [0.05, 0.1) is 24.4 Å². The Labute approximate surface area is 140 Å². The average molecular weight is 334 g/mol. The maximum absolute atomic E-state index is 12.4. The van der Waals surface area contributed by atoms with Gasteiger partial charge in [-0.25, -0.2) is 9.78 Å². The number of carbonyl (C=O) groups is 2. The smallest absolute Gasteiger partial charge is 0.354 e. The zero-order chi connectivity index (χ0) is 16.9. The second kappa shape index (κ2) is 7.72. The van der Waals surface area contributed by atoms with Gasteiger partial charge in [-0.3, -0.25) is 4.79 Å². The molecule has 2 aliphatic heterocycles. The molecule has 1 atom stereocenters. The fourth-order valence-electron chi connectivity index (χ4n) is 3.07. The van der Waals surface area contributed by atoms with Gasteiger partial charge >= 0.3 is 5.97 Å². The number of likely N-dealkylation sites (tertiary alicyclic amines) is 1. The van der Waals surface area contributed by atoms with Crippen LogP contribution in [-0.4, -0.2) is 65.4 Å². The lowest BCUT2D eigenvalue weighted by molar-refractivity contribution is -0.0395. The van der Waals surface area contributed by atoms with E-state index in [0.29, 0.717) is 25.3 Å². The monoisotopic (exact) mass is 334 g/mol. The van der Waals surface area contributed by atoms with Crippen molar-refractivity contribution < 1.29 is 24.2 Å². The highest BCUT2D eigenvalue weighted by Gasteiger charge is 2.25. The Morgan fingerprint density at radius 3 is 2.67 bits per heavy atom. The number of carbonyl (C=O) groups excluding carboxylic acids is 1. The minimum absolute atomic E-state index is 0.0622. The Bertz CT molecular complexity index is 575. The third-order valence-electron chi connectivity index (χ3n) is 4.50. The number of ether oxygens (including phenoxy) is 2. The Hall–Kier alpha value is -1.99. The number of pyridine rings is 1. The molecule has 1 aromatic heterocycles. The number of aromatic nitrogens is 1. The third kappa shape index (κ3) is 4.10. The molecule has 1 aromatic rings. The van der Waals surface area contributed by atoms with Crippen molar-refractivity contribution in [3.63, 3.8) is 0 Å². The Morgan fingerprint density at radius 1 is 1.29 bits per heavy atom. The van der Waals surface area contributed by atoms with E-state index in [2.05, 4.69) is 4.98 Å². The fraction of sp³-hybridized carbons (Fsp3) is 0.588. The van der Waals surface area contributed by atoms with Gasteiger partial charge in [-0.1, -0.05) is 0 Å². The van der Waals surface area contributed by atoms with Crippen LogP contribution in [0.4, 0.5) is 0 Å². The molecule has 24 heavy (non-hydrogen) atoms. The van der Waals surface area contributed by atoms with Gasteiger partial charge in [0.1, 0.15) is 5.69 Å². The highest BCUT2D eigenvalue weighted by molar-refractivity contribution is 5.95. The van der Waals surface area contributed by atoms with Crippen molar-refractivity contribution in [2.75, 3.05) is 26.3 Å². The summed E-state index contributed by atoms with van der Waals surface area (Å²) in [6, 6.07) is 2.87. The summed E-state index contributed by atoms with van der Waals surface area (Å²) in [5, 5.41) is 8.84. The van der Waals surface area contributed by atoms with Gasteiger partial charge in [0, 0.05) is 25.9 Å². The van der Waals surface area contributed by atoms with Crippen molar-refractivity contribution in [3.8, 4) is 0 Å². The molecule has 0 aromatic carbocycles. The van der Waals surface area contributed by atoms with E-state index in [0.717, 1.165) is 32.3 Å². The molecule has 1 unspecified atom stereocenters. The summed E-state index contributed by atoms with van der Waals surface area (Å²) >= 11 is 0. The molecule has 0 spiro atoms. The molecule has 0 bridgehead atoms. The van der Waals surface area contributed by atoms with Crippen molar-refractivity contribution in [3.05, 3.63) is 29.6 Å². The van der Waals surface area contributed by atoms with Crippen LogP contribution < -0.4 is 0 Å². The molecule has 2 aliphatic rings. The zero-order valence-corrected chi connectivity index (χ0v) is 13.5. The molecule has 3 heterocycles. The van der Waals surface area contributed by atoms with Gasteiger partial charge in [0.2, 0.25) is 0 Å². The topological polar surface area (TPSA) is 89.0 Å². The first-order valence-corrected chi connectivity index (χ1v) is 8.35. The van der Waals surface area contributed by atoms with Crippen LogP contribution in [0.25, 0.3) is 0 Å². The van der Waals surface area contributed by atoms with Crippen molar-refractivity contribution in [1.82, 2.24) is 9.88 Å². The van der Waals surface area contributed by atoms with Gasteiger partial charge in [-0.15, -0.1) is 0 Å². The molecular formula is C17H22N2O5. The average Bonchev–Trinajstić information content (AvgIpc) is 3.13. The van der Waals surface area contributed by atoms with Crippen LogP contribution in [0, 0.1) is 0 Å². The summed E-state index contributed by atoms with van der Waals surface area (Å²) in [7, 11) is 0. The highest BCUT2D eigenvalue weighted by atomic mass is 16.5. The fourth-order valence-corrected chi connectivity index (χ4v) is 3.07. The standard InChI is InChI=1S/C17H22N2O5/c20-16(12-3-4-15(17(21)22)18-10-12)19-7-5-13(6-8-19)24-11-14-2-1-9-23-14/h3-4,10,13-14H,1-2,5-9,11H2,(H,21,22). The van der Waals surface area contributed by atoms with E-state index in [1.165, 1.54) is 18.3 Å². The number of hydrogen-bond acceptors (Lipinski definition) is 5. The zero-order valence-electron chi connectivity index (χ0n) is 13.5. The van der Waals surface area contributed by atoms with E-state index in [-0.39, 0.29) is 23.8 Å². The number of piperidine rings is 1. The molecule has 0 radical (unpaired) electrons. The molecule has 1 N–H and O–H groups in total. The maximum Gasteiger partial charge on any atom is 0.354 e. The minimum atomic E-state index is -1.10. The Morgan fingerprint density at radius 2 is 2.08 bits per heavy atom. The second-order valence-electron chi connectivity index (χ2n) is 6.20. The van der Waals surface area contributed by atoms with Crippen LogP contribution in [0.3, 0.4) is 0 Å². The van der Waals surface area contributed by atoms with Crippen LogP contribution in [0.1, 0.15) is 46.5 Å². The van der Waals surface area contributed by atoms with Crippen LogP contribution in [0.2, 0.25) is 0 Å². The normalized spacial score (nSPS) is 21.8. The van der Waals surface area contributed by atoms with Gasteiger partial charge in [0.15, 0.2) is 0 Å². The van der Waals surface area contributed by atoms with E-state index < -0.39 is 5.97 Å². The first-order valence-electron chi connectivity index (χ1n) is 8.35. The Kier molecular flexibility index (Phi) is 5.42. The molecule has 1 amide bonds. The van der Waals surface area contributed by atoms with Crippen molar-refractivity contribution >= 4 is 11.9 Å². The number of carboxylic acid groups (broad SMARTS) is 1. The molecule has 7 nitrogen and oxygen atoms in total. The number of aromatic carboxylic acids is 1. The van der Waals surface area contributed by atoms with Crippen LogP contribution in [-0.2, 0) is 9.47 Å². The first-order chi connectivity index (χ1) is 11.6. The number of nitrogens with zero attached hydrogens (tertiary/aromatic N) is 2. The largest absolute Gasteiger partial charge is 0.477 e. The summed E-state index contributed by atoms with van der Waals surface area (Å²) in [5.41, 5.74) is 0.353. The molecule has 130 valence electrons. The van der Waals surface area contributed by atoms with E-state index in [4.69, 9.17) is 14.6 Å². The quantitative estimate of drug-likeness (QED) is 0.879. The summed E-state index contributed by atoms with van der Waals surface area (Å²) < 4.78 is 11.5. The lowest BCUT2D eigenvalue weighted by Gasteiger charge is -2.32. The number of hydrogen-bond donors (Lipinski definition) is 1. The second-order valence-corrected chi connectivity index (χ2v) is 6.20. The molecule has 2 fully saturated rings. The predicted molar refractivity (Wildman–Crippen MR) is 85.0 cm³/mol. The lowest BCUT2D eigenvalue weighted by Crippen LogP contribution is -2.41. The van der Waals surface area contributed by atoms with E-state index >= 15 is 0 Å². The van der Waals surface area contributed by atoms with Crippen molar-refractivity contribution in [2.45, 2.75) is 37.9 Å². The maximum atomic E-state index is 12.4. The molecule has 0 saturated carbocycles. The van der Waals surface area contributed by atoms with Crippen molar-refractivity contribution in [1.29, 1.82) is 0 Å². The van der Waals surface area contributed by atoms with Crippen LogP contribution in [0.15, 0.2) is 18.3 Å². The minimum Gasteiger partial charge on any atom is -0.477 e. The molecular weight excluding hydrogens is 312 g/mol. The van der Waals surface area contributed by atoms with E-state index in [9.17, 15) is 9.59 Å². The van der Waals surface area contributed by atoms with Gasteiger partial charge < -0.3 is 19.5 Å². The van der Waals surface area contributed by atoms with Gasteiger partial charge in [0.25, 0.3) is 5.91 Å². The summed E-state index contributed by atoms with van der Waals surface area (Å²) in [6.07, 6.45) is 5.50. The first kappa shape index (κ1) is 16.9. The van der Waals surface area contributed by atoms with E-state index in [1.54, 1.807) is 4.90 Å². The molecule has 7 heteroatoms. The molecule has 2 saturated heterocycles. The summed E-state index contributed by atoms with van der Waals surface area (Å²) in [5.74, 6) is -1.21. The molecule has 3 rings (SSSR count). The summed E-state index contributed by atoms with van der Waals surface area (Å²) in [6.45, 7) is 2.74. The van der Waals surface area contributed by atoms with E-state index in [1.807, 2.05) is 0 Å². The van der Waals surface area contributed by atoms with Crippen molar-refractivity contribution in [2.24, 2.45) is 0 Å². The van der Waals surface area contributed by atoms with Crippen LogP contribution in [0.5, 0.6) is 0 Å². The Balaban J connectivity index is 1.46. The summed E-state index contributed by atoms with van der Waals surface area (Å²) in [4.78, 5) is 28.8. The third-order valence-corrected chi connectivity index (χ3v) is 4.50. The molecule has 0 aliphatic carbocycles. The van der Waals surface area contributed by atoms with Gasteiger partial charge in [-0.2, -0.15) is 0 Å². The highest BCUT2D eigenvalue weighted by Crippen LogP contribution is 2.19. The number of amides is 1. The van der Waals surface area contributed by atoms with Gasteiger partial charge in [-0.05, 0) is 37.8 Å². The SMILES string of the molecule is O=C(O)c1ccc(C(=O)N2CCC(OCC3CCCO3)CC2)cn1. The van der Waals surface area contributed by atoms with Crippen LogP contribution >= 0.6 is 0 Å². The number of carboxylic acids is 1. The number of rotatable bonds is 5.